The molecular weight excluding hydrogens is 254 g/mol. The molecular formula is C15H21N3O2. The first-order chi connectivity index (χ1) is 9.63. The summed E-state index contributed by atoms with van der Waals surface area (Å²) in [4.78, 5) is 23.1. The number of hydrogen-bond donors (Lipinski definition) is 3. The average Bonchev–Trinajstić information content (AvgIpc) is 3.18. The zero-order valence-electron chi connectivity index (χ0n) is 11.7. The normalized spacial score (nSPS) is 13.8. The summed E-state index contributed by atoms with van der Waals surface area (Å²) in [6.07, 6.45) is 2.60. The molecule has 1 saturated carbocycles. The van der Waals surface area contributed by atoms with Crippen LogP contribution in [0.5, 0.6) is 0 Å². The number of anilines is 1. The Morgan fingerprint density at radius 3 is 2.75 bits per heavy atom. The summed E-state index contributed by atoms with van der Waals surface area (Å²) in [7, 11) is 0. The predicted molar refractivity (Wildman–Crippen MR) is 78.5 cm³/mol. The molecule has 2 amide bonds. The highest BCUT2D eigenvalue weighted by Crippen LogP contribution is 2.18. The van der Waals surface area contributed by atoms with Crippen LogP contribution in [0.1, 0.15) is 24.8 Å². The fourth-order valence-corrected chi connectivity index (χ4v) is 1.86. The van der Waals surface area contributed by atoms with E-state index in [-0.39, 0.29) is 18.4 Å². The van der Waals surface area contributed by atoms with Crippen molar-refractivity contribution in [3.63, 3.8) is 0 Å². The Kier molecular flexibility index (Phi) is 5.12. The van der Waals surface area contributed by atoms with Gasteiger partial charge in [0.1, 0.15) is 0 Å². The van der Waals surface area contributed by atoms with Crippen LogP contribution in [-0.2, 0) is 9.59 Å². The second-order valence-electron chi connectivity index (χ2n) is 5.19. The molecule has 0 radical (unpaired) electrons. The van der Waals surface area contributed by atoms with E-state index < -0.39 is 0 Å². The number of carbonyl (C=O) groups is 2. The van der Waals surface area contributed by atoms with Gasteiger partial charge in [-0.25, -0.2) is 0 Å². The highest BCUT2D eigenvalue weighted by Gasteiger charge is 2.22. The molecule has 5 heteroatoms. The maximum absolute atomic E-state index is 11.7. The molecule has 1 aromatic rings. The van der Waals surface area contributed by atoms with Gasteiger partial charge in [-0.1, -0.05) is 12.1 Å². The van der Waals surface area contributed by atoms with Crippen LogP contribution in [0.15, 0.2) is 24.3 Å². The van der Waals surface area contributed by atoms with E-state index in [1.807, 2.05) is 31.2 Å². The van der Waals surface area contributed by atoms with E-state index in [1.165, 1.54) is 0 Å². The van der Waals surface area contributed by atoms with E-state index in [0.29, 0.717) is 19.0 Å². The standard InChI is InChI=1S/C15H21N3O2/c1-11-3-2-4-13(9-11)18-15(20)10-16-8-7-14(19)17-12-5-6-12/h2-4,9,12,16H,5-8,10H2,1H3,(H,17,19)(H,18,20). The van der Waals surface area contributed by atoms with Crippen LogP contribution >= 0.6 is 0 Å². The van der Waals surface area contributed by atoms with Gasteiger partial charge in [-0.3, -0.25) is 9.59 Å². The Labute approximate surface area is 119 Å². The van der Waals surface area contributed by atoms with Crippen molar-refractivity contribution in [2.75, 3.05) is 18.4 Å². The minimum atomic E-state index is -0.0989. The third kappa shape index (κ3) is 5.40. The second kappa shape index (κ2) is 7.05. The van der Waals surface area contributed by atoms with Gasteiger partial charge in [0, 0.05) is 24.7 Å². The molecule has 0 saturated heterocycles. The lowest BCUT2D eigenvalue weighted by Crippen LogP contribution is -2.33. The summed E-state index contributed by atoms with van der Waals surface area (Å²) >= 11 is 0. The van der Waals surface area contributed by atoms with Crippen molar-refractivity contribution in [2.24, 2.45) is 0 Å². The summed E-state index contributed by atoms with van der Waals surface area (Å²) in [6, 6.07) is 8.05. The molecule has 0 aromatic heterocycles. The van der Waals surface area contributed by atoms with Gasteiger partial charge in [0.05, 0.1) is 6.54 Å². The van der Waals surface area contributed by atoms with Crippen molar-refractivity contribution in [3.8, 4) is 0 Å². The highest BCUT2D eigenvalue weighted by atomic mass is 16.2. The Balaban J connectivity index is 1.58. The van der Waals surface area contributed by atoms with Crippen molar-refractivity contribution < 1.29 is 9.59 Å². The molecule has 0 unspecified atom stereocenters. The van der Waals surface area contributed by atoms with Gasteiger partial charge in [0.15, 0.2) is 0 Å². The molecule has 0 heterocycles. The van der Waals surface area contributed by atoms with Gasteiger partial charge in [0.2, 0.25) is 11.8 Å². The number of benzene rings is 1. The molecule has 2 rings (SSSR count). The molecule has 1 aromatic carbocycles. The number of rotatable bonds is 7. The average molecular weight is 275 g/mol. The summed E-state index contributed by atoms with van der Waals surface area (Å²) in [5.41, 5.74) is 1.90. The molecule has 0 atom stereocenters. The first-order valence-electron chi connectivity index (χ1n) is 7.00. The van der Waals surface area contributed by atoms with E-state index >= 15 is 0 Å². The molecule has 0 aliphatic heterocycles. The number of nitrogens with one attached hydrogen (secondary N) is 3. The van der Waals surface area contributed by atoms with Crippen LogP contribution in [0, 0.1) is 6.92 Å². The van der Waals surface area contributed by atoms with Gasteiger partial charge in [0.25, 0.3) is 0 Å². The van der Waals surface area contributed by atoms with Crippen LogP contribution in [0.2, 0.25) is 0 Å². The van der Waals surface area contributed by atoms with Gasteiger partial charge in [-0.2, -0.15) is 0 Å². The molecule has 0 bridgehead atoms. The van der Waals surface area contributed by atoms with Gasteiger partial charge < -0.3 is 16.0 Å². The van der Waals surface area contributed by atoms with Crippen molar-refractivity contribution in [3.05, 3.63) is 29.8 Å². The number of carbonyl (C=O) groups excluding carboxylic acids is 2. The first kappa shape index (κ1) is 14.5. The predicted octanol–water partition coefficient (Wildman–Crippen LogP) is 1.19. The Bertz CT molecular complexity index is 484. The van der Waals surface area contributed by atoms with Crippen molar-refractivity contribution in [1.82, 2.24) is 10.6 Å². The molecule has 1 aliphatic carbocycles. The van der Waals surface area contributed by atoms with E-state index in [2.05, 4.69) is 16.0 Å². The third-order valence-electron chi connectivity index (χ3n) is 3.06. The fourth-order valence-electron chi connectivity index (χ4n) is 1.86. The van der Waals surface area contributed by atoms with E-state index in [4.69, 9.17) is 0 Å². The Morgan fingerprint density at radius 1 is 1.25 bits per heavy atom. The molecule has 1 fully saturated rings. The summed E-state index contributed by atoms with van der Waals surface area (Å²) in [6.45, 7) is 2.71. The van der Waals surface area contributed by atoms with Crippen LogP contribution in [0.25, 0.3) is 0 Å². The Hall–Kier alpha value is -1.88. The Morgan fingerprint density at radius 2 is 2.05 bits per heavy atom. The topological polar surface area (TPSA) is 70.2 Å². The summed E-state index contributed by atoms with van der Waals surface area (Å²) in [5, 5.41) is 8.69. The minimum Gasteiger partial charge on any atom is -0.353 e. The van der Waals surface area contributed by atoms with Crippen LogP contribution in [0.4, 0.5) is 5.69 Å². The highest BCUT2D eigenvalue weighted by molar-refractivity contribution is 5.92. The van der Waals surface area contributed by atoms with E-state index in [0.717, 1.165) is 24.1 Å². The van der Waals surface area contributed by atoms with Gasteiger partial charge >= 0.3 is 0 Å². The zero-order valence-corrected chi connectivity index (χ0v) is 11.7. The minimum absolute atomic E-state index is 0.0547. The second-order valence-corrected chi connectivity index (χ2v) is 5.19. The van der Waals surface area contributed by atoms with Gasteiger partial charge in [-0.05, 0) is 37.5 Å². The lowest BCUT2D eigenvalue weighted by molar-refractivity contribution is -0.121. The van der Waals surface area contributed by atoms with Gasteiger partial charge in [-0.15, -0.1) is 0 Å². The zero-order chi connectivity index (χ0) is 14.4. The summed E-state index contributed by atoms with van der Waals surface area (Å²) in [5.74, 6) is -0.0442. The molecule has 1 aliphatic rings. The molecule has 0 spiro atoms. The van der Waals surface area contributed by atoms with Crippen molar-refractivity contribution in [2.45, 2.75) is 32.2 Å². The fraction of sp³-hybridized carbons (Fsp3) is 0.467. The van der Waals surface area contributed by atoms with Crippen LogP contribution in [-0.4, -0.2) is 30.9 Å². The van der Waals surface area contributed by atoms with Crippen molar-refractivity contribution >= 4 is 17.5 Å². The lowest BCUT2D eigenvalue weighted by atomic mass is 10.2. The largest absolute Gasteiger partial charge is 0.353 e. The van der Waals surface area contributed by atoms with Crippen molar-refractivity contribution in [1.29, 1.82) is 0 Å². The summed E-state index contributed by atoms with van der Waals surface area (Å²) < 4.78 is 0. The van der Waals surface area contributed by atoms with E-state index in [1.54, 1.807) is 0 Å². The number of hydrogen-bond acceptors (Lipinski definition) is 3. The smallest absolute Gasteiger partial charge is 0.238 e. The third-order valence-corrected chi connectivity index (χ3v) is 3.06. The molecule has 108 valence electrons. The number of amides is 2. The lowest BCUT2D eigenvalue weighted by Gasteiger charge is -2.07. The van der Waals surface area contributed by atoms with Crippen LogP contribution < -0.4 is 16.0 Å². The quantitative estimate of drug-likeness (QED) is 0.655. The monoisotopic (exact) mass is 275 g/mol. The van der Waals surface area contributed by atoms with E-state index in [9.17, 15) is 9.59 Å². The van der Waals surface area contributed by atoms with Crippen LogP contribution in [0.3, 0.4) is 0 Å². The molecule has 3 N–H and O–H groups in total. The number of aryl methyl sites for hydroxylation is 1. The maximum Gasteiger partial charge on any atom is 0.238 e. The maximum atomic E-state index is 11.7. The SMILES string of the molecule is Cc1cccc(NC(=O)CNCCC(=O)NC2CC2)c1. The molecule has 5 nitrogen and oxygen atoms in total. The first-order valence-corrected chi connectivity index (χ1v) is 7.00. The molecule has 20 heavy (non-hydrogen) atoms.